The lowest BCUT2D eigenvalue weighted by Crippen LogP contribution is -2.28. The van der Waals surface area contributed by atoms with E-state index >= 15 is 0 Å². The van der Waals surface area contributed by atoms with Crippen LogP contribution < -0.4 is 0 Å². The Morgan fingerprint density at radius 2 is 2.21 bits per heavy atom. The van der Waals surface area contributed by atoms with Crippen LogP contribution in [0.1, 0.15) is 50.1 Å². The van der Waals surface area contributed by atoms with Gasteiger partial charge >= 0.3 is 0 Å². The number of nitriles is 1. The lowest BCUT2D eigenvalue weighted by Gasteiger charge is -2.30. The zero-order valence-corrected chi connectivity index (χ0v) is 14.7. The fourth-order valence-electron chi connectivity index (χ4n) is 3.63. The molecule has 1 unspecified atom stereocenters. The Morgan fingerprint density at radius 1 is 1.42 bits per heavy atom. The topological polar surface area (TPSA) is 97.9 Å². The Morgan fingerprint density at radius 3 is 2.92 bits per heavy atom. The van der Waals surface area contributed by atoms with E-state index in [4.69, 9.17) is 4.74 Å². The molecule has 0 bridgehead atoms. The van der Waals surface area contributed by atoms with Gasteiger partial charge in [0.25, 0.3) is 0 Å². The van der Waals surface area contributed by atoms with Gasteiger partial charge < -0.3 is 4.74 Å². The van der Waals surface area contributed by atoms with E-state index in [0.717, 1.165) is 37.8 Å². The van der Waals surface area contributed by atoms with Gasteiger partial charge in [-0.1, -0.05) is 5.21 Å². The molecule has 2 fully saturated rings. The molecule has 0 saturated carbocycles. The fraction of sp³-hybridized carbons (Fsp3) is 0.812. The molecule has 7 nitrogen and oxygen atoms in total. The summed E-state index contributed by atoms with van der Waals surface area (Å²) in [6.45, 7) is 2.03. The second kappa shape index (κ2) is 7.19. The van der Waals surface area contributed by atoms with E-state index in [1.165, 1.54) is 0 Å². The van der Waals surface area contributed by atoms with Crippen LogP contribution in [0.4, 0.5) is 0 Å². The third kappa shape index (κ3) is 4.14. The van der Waals surface area contributed by atoms with Crippen molar-refractivity contribution in [2.45, 2.75) is 51.0 Å². The summed E-state index contributed by atoms with van der Waals surface area (Å²) in [4.78, 5) is 0. The zero-order valence-electron chi connectivity index (χ0n) is 13.9. The first-order chi connectivity index (χ1) is 11.5. The molecule has 1 aromatic rings. The van der Waals surface area contributed by atoms with E-state index in [0.29, 0.717) is 26.2 Å². The molecule has 3 rings (SSSR count). The van der Waals surface area contributed by atoms with E-state index in [1.54, 1.807) is 4.68 Å². The molecule has 0 spiro atoms. The molecule has 0 aliphatic carbocycles. The molecule has 0 radical (unpaired) electrons. The van der Waals surface area contributed by atoms with Gasteiger partial charge in [-0.15, -0.1) is 5.10 Å². The fourth-order valence-corrected chi connectivity index (χ4v) is 5.35. The maximum Gasteiger partial charge on any atom is 0.150 e. The molecule has 2 aliphatic rings. The normalized spacial score (nSPS) is 25.9. The zero-order chi connectivity index (χ0) is 17.0. The average molecular weight is 352 g/mol. The number of hydrogen-bond acceptors (Lipinski definition) is 6. The molecule has 0 amide bonds. The van der Waals surface area contributed by atoms with Crippen molar-refractivity contribution in [3.05, 3.63) is 11.9 Å². The second-order valence-electron chi connectivity index (χ2n) is 6.97. The van der Waals surface area contributed by atoms with Gasteiger partial charge in [0.05, 0.1) is 28.7 Å². The molecular weight excluding hydrogens is 328 g/mol. The van der Waals surface area contributed by atoms with Crippen LogP contribution in [-0.4, -0.2) is 48.1 Å². The Hall–Kier alpha value is -1.46. The first-order valence-electron chi connectivity index (χ1n) is 8.61. The Bertz CT molecular complexity index is 701. The maximum atomic E-state index is 11.8. The van der Waals surface area contributed by atoms with Crippen molar-refractivity contribution >= 4 is 9.84 Å². The van der Waals surface area contributed by atoms with Crippen LogP contribution >= 0.6 is 0 Å². The summed E-state index contributed by atoms with van der Waals surface area (Å²) < 4.78 is 30.7. The van der Waals surface area contributed by atoms with Crippen LogP contribution in [-0.2, 0) is 21.1 Å². The van der Waals surface area contributed by atoms with Crippen molar-refractivity contribution in [3.8, 4) is 6.07 Å². The molecule has 132 valence electrons. The number of aromatic nitrogens is 3. The third-order valence-corrected chi connectivity index (χ3v) is 6.99. The number of hydrogen-bond donors (Lipinski definition) is 0. The molecule has 8 heteroatoms. The maximum absolute atomic E-state index is 11.8. The van der Waals surface area contributed by atoms with Crippen LogP contribution in [0.5, 0.6) is 0 Å². The predicted molar refractivity (Wildman–Crippen MR) is 88.0 cm³/mol. The van der Waals surface area contributed by atoms with Crippen LogP contribution in [0.25, 0.3) is 0 Å². The lowest BCUT2D eigenvalue weighted by atomic mass is 9.78. The minimum absolute atomic E-state index is 0.0292. The minimum Gasteiger partial charge on any atom is -0.381 e. The van der Waals surface area contributed by atoms with E-state index in [2.05, 4.69) is 16.4 Å². The van der Waals surface area contributed by atoms with Crippen molar-refractivity contribution in [1.29, 1.82) is 5.26 Å². The molecule has 1 atom stereocenters. The first-order valence-corrected chi connectivity index (χ1v) is 10.4. The second-order valence-corrected chi connectivity index (χ2v) is 9.20. The molecule has 3 heterocycles. The summed E-state index contributed by atoms with van der Waals surface area (Å²) in [6.07, 6.45) is 6.72. The van der Waals surface area contributed by atoms with Crippen molar-refractivity contribution < 1.29 is 13.2 Å². The highest BCUT2D eigenvalue weighted by molar-refractivity contribution is 7.91. The van der Waals surface area contributed by atoms with E-state index in [9.17, 15) is 13.7 Å². The van der Waals surface area contributed by atoms with Crippen LogP contribution in [0.15, 0.2) is 6.20 Å². The number of ether oxygens (including phenoxy) is 1. The van der Waals surface area contributed by atoms with Gasteiger partial charge in [-0.05, 0) is 38.5 Å². The standard InChI is InChI=1S/C16H24N4O3S/c17-13-16(5-8-23-9-6-16)4-2-7-20-11-15(18-19-20)14-3-1-10-24(21,22)12-14/h11,14H,1-10,12H2. The van der Waals surface area contributed by atoms with E-state index < -0.39 is 9.84 Å². The summed E-state index contributed by atoms with van der Waals surface area (Å²) in [5, 5.41) is 17.8. The molecule has 0 aromatic carbocycles. The molecule has 2 saturated heterocycles. The SMILES string of the molecule is N#CC1(CCCn2cc(C3CCCS(=O)(=O)C3)nn2)CCOCC1. The van der Waals surface area contributed by atoms with Crippen LogP contribution in [0.2, 0.25) is 0 Å². The third-order valence-electron chi connectivity index (χ3n) is 5.17. The van der Waals surface area contributed by atoms with Crippen molar-refractivity contribution in [3.63, 3.8) is 0 Å². The summed E-state index contributed by atoms with van der Waals surface area (Å²) in [6, 6.07) is 2.48. The van der Waals surface area contributed by atoms with Gasteiger partial charge in [0.2, 0.25) is 0 Å². The summed E-state index contributed by atoms with van der Waals surface area (Å²) in [5.74, 6) is 0.444. The quantitative estimate of drug-likeness (QED) is 0.799. The Kier molecular flexibility index (Phi) is 5.21. The highest BCUT2D eigenvalue weighted by Crippen LogP contribution is 2.34. The number of nitrogens with zero attached hydrogens (tertiary/aromatic N) is 4. The summed E-state index contributed by atoms with van der Waals surface area (Å²) in [7, 11) is -2.94. The molecule has 24 heavy (non-hydrogen) atoms. The van der Waals surface area contributed by atoms with Gasteiger partial charge in [-0.2, -0.15) is 5.26 Å². The summed E-state index contributed by atoms with van der Waals surface area (Å²) in [5.41, 5.74) is 0.512. The lowest BCUT2D eigenvalue weighted by molar-refractivity contribution is 0.0356. The minimum atomic E-state index is -2.94. The number of sulfone groups is 1. The first kappa shape index (κ1) is 17.4. The van der Waals surface area contributed by atoms with E-state index in [-0.39, 0.29) is 22.8 Å². The highest BCUT2D eigenvalue weighted by atomic mass is 32.2. The van der Waals surface area contributed by atoms with Crippen molar-refractivity contribution in [1.82, 2.24) is 15.0 Å². The summed E-state index contributed by atoms with van der Waals surface area (Å²) >= 11 is 0. The van der Waals surface area contributed by atoms with Gasteiger partial charge in [0.15, 0.2) is 9.84 Å². The number of rotatable bonds is 5. The van der Waals surface area contributed by atoms with Gasteiger partial charge in [0.1, 0.15) is 0 Å². The largest absolute Gasteiger partial charge is 0.381 e. The van der Waals surface area contributed by atoms with Crippen molar-refractivity contribution in [2.75, 3.05) is 24.7 Å². The smallest absolute Gasteiger partial charge is 0.150 e. The van der Waals surface area contributed by atoms with Crippen molar-refractivity contribution in [2.24, 2.45) is 5.41 Å². The predicted octanol–water partition coefficient (Wildman–Crippen LogP) is 1.67. The van der Waals surface area contributed by atoms with E-state index in [1.807, 2.05) is 6.20 Å². The molecule has 0 N–H and O–H groups in total. The molecule has 1 aromatic heterocycles. The monoisotopic (exact) mass is 352 g/mol. The molecule has 2 aliphatic heterocycles. The van der Waals surface area contributed by atoms with Crippen LogP contribution in [0, 0.1) is 16.7 Å². The van der Waals surface area contributed by atoms with Gasteiger partial charge in [-0.25, -0.2) is 8.42 Å². The highest BCUT2D eigenvalue weighted by Gasteiger charge is 2.32. The molecular formula is C16H24N4O3S. The Balaban J connectivity index is 1.54. The van der Waals surface area contributed by atoms with Gasteiger partial charge in [0, 0.05) is 31.9 Å². The Labute approximate surface area is 142 Å². The number of aryl methyl sites for hydroxylation is 1. The van der Waals surface area contributed by atoms with Gasteiger partial charge in [-0.3, -0.25) is 4.68 Å². The van der Waals surface area contributed by atoms with Crippen LogP contribution in [0.3, 0.4) is 0 Å². The average Bonchev–Trinajstić information content (AvgIpc) is 3.04.